The number of benzene rings is 2. The number of nitrogens with zero attached hydrogens (tertiary/aromatic N) is 1. The third kappa shape index (κ3) is 1.96. The lowest BCUT2D eigenvalue weighted by Crippen LogP contribution is -2.24. The number of hydrogen-bond acceptors (Lipinski definition) is 2. The molecule has 1 unspecified atom stereocenters. The van der Waals surface area contributed by atoms with Crippen LogP contribution >= 0.6 is 11.6 Å². The zero-order valence-electron chi connectivity index (χ0n) is 11.2. The number of nitrogen functional groups attached to an aromatic ring is 1. The van der Waals surface area contributed by atoms with Crippen LogP contribution < -0.4 is 10.6 Å². The molecule has 2 aromatic carbocycles. The molecule has 98 valence electrons. The molecule has 1 aliphatic rings. The molecule has 0 spiro atoms. The summed E-state index contributed by atoms with van der Waals surface area (Å²) in [6.07, 6.45) is 1.07. The summed E-state index contributed by atoms with van der Waals surface area (Å²) >= 11 is 6.19. The minimum absolute atomic E-state index is 0.441. The second-order valence-electron chi connectivity index (χ2n) is 5.21. The SMILES string of the molecule is Cc1cc(N)c(Cl)cc1N1c2ccccc2CC1C. The Kier molecular flexibility index (Phi) is 2.90. The maximum atomic E-state index is 6.19. The molecule has 1 atom stereocenters. The molecule has 0 aromatic heterocycles. The topological polar surface area (TPSA) is 29.3 Å². The van der Waals surface area contributed by atoms with Gasteiger partial charge in [0.15, 0.2) is 0 Å². The van der Waals surface area contributed by atoms with Crippen LogP contribution in [0.15, 0.2) is 36.4 Å². The largest absolute Gasteiger partial charge is 0.398 e. The molecule has 0 bridgehead atoms. The van der Waals surface area contributed by atoms with Crippen LogP contribution in [0.5, 0.6) is 0 Å². The third-order valence-corrected chi connectivity index (χ3v) is 4.11. The van der Waals surface area contributed by atoms with Crippen molar-refractivity contribution in [2.75, 3.05) is 10.6 Å². The summed E-state index contributed by atoms with van der Waals surface area (Å²) < 4.78 is 0. The Hall–Kier alpha value is -1.67. The average Bonchev–Trinajstić information content (AvgIpc) is 2.70. The van der Waals surface area contributed by atoms with Crippen molar-refractivity contribution in [3.63, 3.8) is 0 Å². The number of aryl methyl sites for hydroxylation is 1. The van der Waals surface area contributed by atoms with Crippen LogP contribution in [0.1, 0.15) is 18.1 Å². The van der Waals surface area contributed by atoms with Gasteiger partial charge in [-0.3, -0.25) is 0 Å². The van der Waals surface area contributed by atoms with E-state index in [9.17, 15) is 0 Å². The van der Waals surface area contributed by atoms with Crippen molar-refractivity contribution in [1.82, 2.24) is 0 Å². The smallest absolute Gasteiger partial charge is 0.0656 e. The van der Waals surface area contributed by atoms with Crippen LogP contribution in [0.4, 0.5) is 17.1 Å². The van der Waals surface area contributed by atoms with Crippen molar-refractivity contribution in [1.29, 1.82) is 0 Å². The maximum Gasteiger partial charge on any atom is 0.0656 e. The summed E-state index contributed by atoms with van der Waals surface area (Å²) in [5.74, 6) is 0. The standard InChI is InChI=1S/C16H17ClN2/c1-10-7-14(18)13(17)9-16(10)19-11(2)8-12-5-3-4-6-15(12)19/h3-7,9,11H,8,18H2,1-2H3. The molecule has 1 aliphatic heterocycles. The van der Waals surface area contributed by atoms with Gasteiger partial charge in [-0.1, -0.05) is 29.8 Å². The lowest BCUT2D eigenvalue weighted by molar-refractivity contribution is 0.757. The van der Waals surface area contributed by atoms with E-state index in [4.69, 9.17) is 17.3 Å². The maximum absolute atomic E-state index is 6.19. The van der Waals surface area contributed by atoms with Crippen molar-refractivity contribution in [2.24, 2.45) is 0 Å². The molecule has 1 heterocycles. The molecule has 0 fully saturated rings. The molecule has 3 heteroatoms. The van der Waals surface area contributed by atoms with Gasteiger partial charge in [0, 0.05) is 17.4 Å². The van der Waals surface area contributed by atoms with E-state index in [1.165, 1.54) is 11.3 Å². The molecule has 0 amide bonds. The number of rotatable bonds is 1. The fourth-order valence-corrected chi connectivity index (χ4v) is 3.04. The average molecular weight is 273 g/mol. The first kappa shape index (κ1) is 12.4. The van der Waals surface area contributed by atoms with Gasteiger partial charge in [-0.05, 0) is 49.6 Å². The normalized spacial score (nSPS) is 17.6. The lowest BCUT2D eigenvalue weighted by Gasteiger charge is -2.27. The van der Waals surface area contributed by atoms with Gasteiger partial charge in [0.1, 0.15) is 0 Å². The molecule has 0 saturated carbocycles. The summed E-state index contributed by atoms with van der Waals surface area (Å²) in [5, 5.41) is 0.622. The van der Waals surface area contributed by atoms with Gasteiger partial charge in [-0.15, -0.1) is 0 Å². The highest BCUT2D eigenvalue weighted by atomic mass is 35.5. The second-order valence-corrected chi connectivity index (χ2v) is 5.62. The molecule has 2 aromatic rings. The zero-order valence-corrected chi connectivity index (χ0v) is 11.9. The summed E-state index contributed by atoms with van der Waals surface area (Å²) in [6.45, 7) is 4.32. The highest BCUT2D eigenvalue weighted by Gasteiger charge is 2.27. The lowest BCUT2D eigenvalue weighted by atomic mass is 10.1. The van der Waals surface area contributed by atoms with Crippen LogP contribution in [0.2, 0.25) is 5.02 Å². The van der Waals surface area contributed by atoms with Crippen molar-refractivity contribution in [3.8, 4) is 0 Å². The van der Waals surface area contributed by atoms with Crippen LogP contribution in [0.3, 0.4) is 0 Å². The second kappa shape index (κ2) is 4.46. The Morgan fingerprint density at radius 3 is 2.74 bits per heavy atom. The highest BCUT2D eigenvalue weighted by Crippen LogP contribution is 2.41. The molecule has 0 saturated heterocycles. The highest BCUT2D eigenvalue weighted by molar-refractivity contribution is 6.33. The number of nitrogens with two attached hydrogens (primary N) is 1. The molecule has 0 aliphatic carbocycles. The van der Waals surface area contributed by atoms with Gasteiger partial charge < -0.3 is 10.6 Å². The first-order valence-electron chi connectivity index (χ1n) is 6.50. The van der Waals surface area contributed by atoms with E-state index in [2.05, 4.69) is 43.0 Å². The first-order valence-corrected chi connectivity index (χ1v) is 6.88. The summed E-state index contributed by atoms with van der Waals surface area (Å²) in [5.41, 5.74) is 11.5. The number of anilines is 3. The first-order chi connectivity index (χ1) is 9.08. The molecular weight excluding hydrogens is 256 g/mol. The summed E-state index contributed by atoms with van der Waals surface area (Å²) in [4.78, 5) is 2.36. The van der Waals surface area contributed by atoms with Crippen molar-refractivity contribution in [3.05, 3.63) is 52.5 Å². The fourth-order valence-electron chi connectivity index (χ4n) is 2.89. The fraction of sp³-hybridized carbons (Fsp3) is 0.250. The summed E-state index contributed by atoms with van der Waals surface area (Å²) in [6, 6.07) is 12.9. The van der Waals surface area contributed by atoms with E-state index in [0.717, 1.165) is 17.7 Å². The Bertz CT molecular complexity index is 637. The van der Waals surface area contributed by atoms with E-state index in [1.807, 2.05) is 12.1 Å². The zero-order chi connectivity index (χ0) is 13.6. The minimum atomic E-state index is 0.441. The van der Waals surface area contributed by atoms with E-state index in [1.54, 1.807) is 0 Å². The Morgan fingerprint density at radius 1 is 1.21 bits per heavy atom. The van der Waals surface area contributed by atoms with Crippen molar-refractivity contribution in [2.45, 2.75) is 26.3 Å². The van der Waals surface area contributed by atoms with E-state index < -0.39 is 0 Å². The number of para-hydroxylation sites is 1. The van der Waals surface area contributed by atoms with E-state index in [0.29, 0.717) is 16.8 Å². The number of halogens is 1. The van der Waals surface area contributed by atoms with Gasteiger partial charge in [-0.2, -0.15) is 0 Å². The predicted molar refractivity (Wildman–Crippen MR) is 82.3 cm³/mol. The predicted octanol–water partition coefficient (Wildman–Crippen LogP) is 4.31. The van der Waals surface area contributed by atoms with Gasteiger partial charge in [0.2, 0.25) is 0 Å². The quantitative estimate of drug-likeness (QED) is 0.784. The van der Waals surface area contributed by atoms with Gasteiger partial charge >= 0.3 is 0 Å². The number of fused-ring (bicyclic) bond motifs is 1. The molecule has 0 radical (unpaired) electrons. The third-order valence-electron chi connectivity index (χ3n) is 3.78. The monoisotopic (exact) mass is 272 g/mol. The van der Waals surface area contributed by atoms with Crippen LogP contribution in [0.25, 0.3) is 0 Å². The molecular formula is C16H17ClN2. The van der Waals surface area contributed by atoms with Crippen LogP contribution in [-0.2, 0) is 6.42 Å². The van der Waals surface area contributed by atoms with Crippen LogP contribution in [0, 0.1) is 6.92 Å². The van der Waals surface area contributed by atoms with E-state index in [-0.39, 0.29) is 0 Å². The summed E-state index contributed by atoms with van der Waals surface area (Å²) in [7, 11) is 0. The Morgan fingerprint density at radius 2 is 1.95 bits per heavy atom. The molecule has 2 nitrogen and oxygen atoms in total. The number of hydrogen-bond donors (Lipinski definition) is 1. The Balaban J connectivity index is 2.15. The van der Waals surface area contributed by atoms with Gasteiger partial charge in [0.05, 0.1) is 10.7 Å². The molecule has 19 heavy (non-hydrogen) atoms. The van der Waals surface area contributed by atoms with Gasteiger partial charge in [-0.25, -0.2) is 0 Å². The van der Waals surface area contributed by atoms with E-state index >= 15 is 0 Å². The van der Waals surface area contributed by atoms with Crippen molar-refractivity contribution < 1.29 is 0 Å². The van der Waals surface area contributed by atoms with Gasteiger partial charge in [0.25, 0.3) is 0 Å². The molecule has 3 rings (SSSR count). The Labute approximate surface area is 118 Å². The van der Waals surface area contributed by atoms with Crippen molar-refractivity contribution >= 4 is 28.7 Å². The van der Waals surface area contributed by atoms with Crippen LogP contribution in [-0.4, -0.2) is 6.04 Å². The minimum Gasteiger partial charge on any atom is -0.398 e. The molecule has 2 N–H and O–H groups in total.